The fourth-order valence-electron chi connectivity index (χ4n) is 2.05. The van der Waals surface area contributed by atoms with Crippen LogP contribution in [0.5, 0.6) is 0 Å². The minimum absolute atomic E-state index is 0.0253. The lowest BCUT2D eigenvalue weighted by atomic mass is 10.3. The summed E-state index contributed by atoms with van der Waals surface area (Å²) in [5, 5.41) is 0. The predicted molar refractivity (Wildman–Crippen MR) is 73.2 cm³/mol. The molecule has 3 N–H and O–H groups in total. The lowest BCUT2D eigenvalue weighted by molar-refractivity contribution is -0.0156. The number of halogens is 2. The summed E-state index contributed by atoms with van der Waals surface area (Å²) in [6.07, 6.45) is -0.340. The first-order valence-corrected chi connectivity index (χ1v) is 7.82. The number of nitrogens with two attached hydrogens (primary N) is 1. The van der Waals surface area contributed by atoms with Gasteiger partial charge in [-0.2, -0.15) is 0 Å². The molecule has 1 atom stereocenters. The van der Waals surface area contributed by atoms with Gasteiger partial charge in [-0.1, -0.05) is 0 Å². The Morgan fingerprint density at radius 2 is 2.19 bits per heavy atom. The van der Waals surface area contributed by atoms with Gasteiger partial charge in [0.15, 0.2) is 11.6 Å². The third-order valence-electron chi connectivity index (χ3n) is 3.15. The highest BCUT2D eigenvalue weighted by Gasteiger charge is 2.25. The SMILES string of the molecule is CN1CCOC(CNS(=O)(=O)c2cc(N)cc(F)c2F)C1. The van der Waals surface area contributed by atoms with Crippen LogP contribution in [0.2, 0.25) is 0 Å². The molecule has 1 aromatic rings. The topological polar surface area (TPSA) is 84.7 Å². The van der Waals surface area contributed by atoms with Crippen LogP contribution in [0, 0.1) is 11.6 Å². The molecule has 0 saturated carbocycles. The Hall–Kier alpha value is -1.29. The molecule has 1 fully saturated rings. The van der Waals surface area contributed by atoms with E-state index >= 15 is 0 Å². The van der Waals surface area contributed by atoms with Crippen LogP contribution in [0.3, 0.4) is 0 Å². The summed E-state index contributed by atoms with van der Waals surface area (Å²) in [4.78, 5) is 1.19. The smallest absolute Gasteiger partial charge is 0.243 e. The average molecular weight is 321 g/mol. The summed E-state index contributed by atoms with van der Waals surface area (Å²) < 4.78 is 58.5. The molecular weight excluding hydrogens is 304 g/mol. The quantitative estimate of drug-likeness (QED) is 0.772. The van der Waals surface area contributed by atoms with E-state index in [1.807, 2.05) is 11.9 Å². The molecule has 1 saturated heterocycles. The first kappa shape index (κ1) is 16.1. The van der Waals surface area contributed by atoms with Crippen molar-refractivity contribution in [3.05, 3.63) is 23.8 Å². The Balaban J connectivity index is 2.12. The van der Waals surface area contributed by atoms with Crippen molar-refractivity contribution >= 4 is 15.7 Å². The van der Waals surface area contributed by atoms with Crippen LogP contribution >= 0.6 is 0 Å². The number of ether oxygens (including phenoxy) is 1. The second-order valence-corrected chi connectivity index (χ2v) is 6.66. The zero-order valence-corrected chi connectivity index (χ0v) is 12.3. The van der Waals surface area contributed by atoms with Gasteiger partial charge in [0, 0.05) is 25.3 Å². The first-order valence-electron chi connectivity index (χ1n) is 6.34. The lowest BCUT2D eigenvalue weighted by Crippen LogP contribution is -2.46. The number of likely N-dealkylation sites (N-methyl/N-ethyl adjacent to an activating group) is 1. The minimum atomic E-state index is -4.20. The maximum atomic E-state index is 13.6. The number of hydrogen-bond acceptors (Lipinski definition) is 5. The Morgan fingerprint density at radius 3 is 2.86 bits per heavy atom. The lowest BCUT2D eigenvalue weighted by Gasteiger charge is -2.30. The maximum absolute atomic E-state index is 13.6. The van der Waals surface area contributed by atoms with E-state index in [0.29, 0.717) is 13.2 Å². The summed E-state index contributed by atoms with van der Waals surface area (Å²) in [6, 6.07) is 1.61. The molecular formula is C12H17F2N3O3S. The summed E-state index contributed by atoms with van der Waals surface area (Å²) >= 11 is 0. The van der Waals surface area contributed by atoms with Crippen LogP contribution < -0.4 is 10.5 Å². The summed E-state index contributed by atoms with van der Waals surface area (Å²) in [7, 11) is -2.31. The number of hydrogen-bond donors (Lipinski definition) is 2. The Labute approximate surface area is 121 Å². The molecule has 6 nitrogen and oxygen atoms in total. The molecule has 1 aromatic carbocycles. The third kappa shape index (κ3) is 3.88. The van der Waals surface area contributed by atoms with E-state index in [1.54, 1.807) is 0 Å². The third-order valence-corrected chi connectivity index (χ3v) is 4.57. The Morgan fingerprint density at radius 1 is 1.48 bits per heavy atom. The highest BCUT2D eigenvalue weighted by molar-refractivity contribution is 7.89. The second-order valence-electron chi connectivity index (χ2n) is 4.92. The number of benzene rings is 1. The highest BCUT2D eigenvalue weighted by Crippen LogP contribution is 2.21. The maximum Gasteiger partial charge on any atom is 0.243 e. The largest absolute Gasteiger partial charge is 0.399 e. The molecule has 1 aliphatic heterocycles. The molecule has 21 heavy (non-hydrogen) atoms. The van der Waals surface area contributed by atoms with Crippen molar-refractivity contribution in [2.45, 2.75) is 11.0 Å². The van der Waals surface area contributed by atoms with E-state index in [-0.39, 0.29) is 18.3 Å². The Bertz CT molecular complexity index is 624. The highest BCUT2D eigenvalue weighted by atomic mass is 32.2. The average Bonchev–Trinajstić information content (AvgIpc) is 2.41. The number of anilines is 1. The number of sulfonamides is 1. The standard InChI is InChI=1S/C12H17F2N3O3S/c1-17-2-3-20-9(7-17)6-16-21(18,19)11-5-8(15)4-10(13)12(11)14/h4-5,9,16H,2-3,6-7,15H2,1H3. The summed E-state index contributed by atoms with van der Waals surface area (Å²) in [5.74, 6) is -2.75. The van der Waals surface area contributed by atoms with E-state index in [0.717, 1.165) is 18.7 Å². The van der Waals surface area contributed by atoms with Crippen LogP contribution in [0.15, 0.2) is 17.0 Å². The number of morpholine rings is 1. The van der Waals surface area contributed by atoms with Gasteiger partial charge in [-0.05, 0) is 19.2 Å². The van der Waals surface area contributed by atoms with Crippen LogP contribution in [0.1, 0.15) is 0 Å². The van der Waals surface area contributed by atoms with Gasteiger partial charge in [0.1, 0.15) is 4.90 Å². The molecule has 1 aliphatic rings. The van der Waals surface area contributed by atoms with Gasteiger partial charge in [-0.15, -0.1) is 0 Å². The van der Waals surface area contributed by atoms with Crippen molar-refractivity contribution in [3.63, 3.8) is 0 Å². The molecule has 0 aromatic heterocycles. The van der Waals surface area contributed by atoms with Crippen molar-refractivity contribution in [2.24, 2.45) is 0 Å². The molecule has 0 aliphatic carbocycles. The second kappa shape index (κ2) is 6.22. The van der Waals surface area contributed by atoms with Crippen molar-refractivity contribution in [2.75, 3.05) is 39.0 Å². The van der Waals surface area contributed by atoms with Gasteiger partial charge in [0.2, 0.25) is 10.0 Å². The molecule has 0 spiro atoms. The number of nitrogen functional groups attached to an aromatic ring is 1. The van der Waals surface area contributed by atoms with Gasteiger partial charge in [0.05, 0.1) is 12.7 Å². The molecule has 2 rings (SSSR count). The van der Waals surface area contributed by atoms with Crippen LogP contribution in [-0.4, -0.2) is 52.7 Å². The fourth-order valence-corrected chi connectivity index (χ4v) is 3.24. The van der Waals surface area contributed by atoms with Gasteiger partial charge >= 0.3 is 0 Å². The van der Waals surface area contributed by atoms with Crippen LogP contribution in [0.25, 0.3) is 0 Å². The fraction of sp³-hybridized carbons (Fsp3) is 0.500. The molecule has 0 radical (unpaired) electrons. The van der Waals surface area contributed by atoms with Crippen molar-refractivity contribution in [1.82, 2.24) is 9.62 Å². The Kier molecular flexibility index (Phi) is 4.77. The summed E-state index contributed by atoms with van der Waals surface area (Å²) in [5.41, 5.74) is 5.19. The molecule has 118 valence electrons. The number of nitrogens with one attached hydrogen (secondary N) is 1. The molecule has 0 bridgehead atoms. The number of rotatable bonds is 4. The first-order chi connectivity index (χ1) is 9.79. The molecule has 1 unspecified atom stereocenters. The van der Waals surface area contributed by atoms with E-state index in [2.05, 4.69) is 4.72 Å². The van der Waals surface area contributed by atoms with E-state index < -0.39 is 26.6 Å². The van der Waals surface area contributed by atoms with Crippen LogP contribution in [0.4, 0.5) is 14.5 Å². The normalized spacial score (nSPS) is 20.6. The van der Waals surface area contributed by atoms with Crippen molar-refractivity contribution in [1.29, 1.82) is 0 Å². The zero-order chi connectivity index (χ0) is 15.6. The predicted octanol–water partition coefficient (Wildman–Crippen LogP) is 0.156. The van der Waals surface area contributed by atoms with E-state index in [4.69, 9.17) is 10.5 Å². The van der Waals surface area contributed by atoms with Gasteiger partial charge in [-0.25, -0.2) is 21.9 Å². The summed E-state index contributed by atoms with van der Waals surface area (Å²) in [6.45, 7) is 1.78. The van der Waals surface area contributed by atoms with Crippen molar-refractivity contribution < 1.29 is 21.9 Å². The van der Waals surface area contributed by atoms with Gasteiger partial charge < -0.3 is 15.4 Å². The van der Waals surface area contributed by atoms with Gasteiger partial charge in [0.25, 0.3) is 0 Å². The molecule has 0 amide bonds. The molecule has 1 heterocycles. The van der Waals surface area contributed by atoms with Gasteiger partial charge in [-0.3, -0.25) is 0 Å². The number of nitrogens with zero attached hydrogens (tertiary/aromatic N) is 1. The minimum Gasteiger partial charge on any atom is -0.399 e. The monoisotopic (exact) mass is 321 g/mol. The van der Waals surface area contributed by atoms with Crippen LogP contribution in [-0.2, 0) is 14.8 Å². The van der Waals surface area contributed by atoms with E-state index in [9.17, 15) is 17.2 Å². The van der Waals surface area contributed by atoms with E-state index in [1.165, 1.54) is 0 Å². The molecule has 9 heteroatoms. The zero-order valence-electron chi connectivity index (χ0n) is 11.5. The van der Waals surface area contributed by atoms with Crippen molar-refractivity contribution in [3.8, 4) is 0 Å².